The van der Waals surface area contributed by atoms with E-state index in [2.05, 4.69) is 23.9 Å². The number of aryl methyl sites for hydroxylation is 3. The zero-order valence-electron chi connectivity index (χ0n) is 59.6. The molecule has 0 unspecified atom stereocenters. The van der Waals surface area contributed by atoms with Crippen LogP contribution in [0.1, 0.15) is 128 Å². The molecule has 0 amide bonds. The van der Waals surface area contributed by atoms with Gasteiger partial charge in [-0.15, -0.1) is 0 Å². The molecule has 6 aromatic carbocycles. The number of benzene rings is 6. The predicted octanol–water partition coefficient (Wildman–Crippen LogP) is 13.3. The molecule has 0 aliphatic heterocycles. The number of carboxylic acids is 2. The Morgan fingerprint density at radius 3 is 1.51 bits per heavy atom. The molecule has 552 valence electrons. The number of hydrogen-bond acceptors (Lipinski definition) is 24. The summed E-state index contributed by atoms with van der Waals surface area (Å²) in [4.78, 5) is 105. The van der Waals surface area contributed by atoms with Crippen molar-refractivity contribution in [2.24, 2.45) is 0 Å². The summed E-state index contributed by atoms with van der Waals surface area (Å²) in [6.45, 7) is 4.96. The van der Waals surface area contributed by atoms with Crippen LogP contribution in [-0.2, 0) is 35.0 Å². The number of fused-ring (bicyclic) bond motifs is 2. The minimum Gasteiger partial charge on any atom is -0.507 e. The second kappa shape index (κ2) is 38.6. The average molecular weight is 1440 g/mol. The van der Waals surface area contributed by atoms with Crippen LogP contribution in [0.25, 0.3) is 39.1 Å². The van der Waals surface area contributed by atoms with Crippen molar-refractivity contribution in [3.63, 3.8) is 0 Å². The van der Waals surface area contributed by atoms with Crippen LogP contribution in [0, 0.1) is 41.0 Å². The summed E-state index contributed by atoms with van der Waals surface area (Å²) in [7, 11) is 15.7. The Hall–Kier alpha value is -12.9. The van der Waals surface area contributed by atoms with Crippen LogP contribution in [0.4, 0.5) is 11.4 Å². The number of phenolic OH excluding ortho intramolecular Hbond substituents is 1. The monoisotopic (exact) mass is 1440 g/mol. The Labute approximate surface area is 596 Å². The van der Waals surface area contributed by atoms with E-state index in [-0.39, 0.29) is 68.7 Å². The number of carbonyl (C=O) groups is 7. The first-order chi connectivity index (χ1) is 49.5. The zero-order valence-corrected chi connectivity index (χ0v) is 59.6. The number of aromatic carboxylic acids is 1. The highest BCUT2D eigenvalue weighted by Gasteiger charge is 2.31. The number of H-pyrrole nitrogens is 1. The number of rotatable bonds is 18. The summed E-state index contributed by atoms with van der Waals surface area (Å²) < 4.78 is 50.9. The number of aromatic hydroxyl groups is 2. The zero-order chi connectivity index (χ0) is 77.2. The third-order valence-corrected chi connectivity index (χ3v) is 15.8. The smallest absolute Gasteiger partial charge is 0.341 e. The first-order valence-electron chi connectivity index (χ1n) is 31.4. The number of carboxylic acid groups (broad SMARTS) is 2. The maximum Gasteiger partial charge on any atom is 0.341 e. The molecule has 0 radical (unpaired) electrons. The summed E-state index contributed by atoms with van der Waals surface area (Å²) in [6, 6.07) is 25.2. The molecule has 0 bridgehead atoms. The number of ether oxygens (including phenoxy) is 9. The number of aromatic nitrogens is 2. The number of furan rings is 1. The molecule has 30 heteroatoms. The van der Waals surface area contributed by atoms with Gasteiger partial charge in [0.25, 0.3) is 11.4 Å². The maximum absolute atomic E-state index is 12.3. The molecular formula is C74H81N5O25. The van der Waals surface area contributed by atoms with E-state index in [9.17, 15) is 64.0 Å². The molecule has 1 saturated carbocycles. The number of hydrogen-bond donors (Lipinski definition) is 5. The fourth-order valence-electron chi connectivity index (χ4n) is 10.8. The summed E-state index contributed by atoms with van der Waals surface area (Å²) >= 11 is 0. The van der Waals surface area contributed by atoms with Crippen molar-refractivity contribution in [2.75, 3.05) is 78.1 Å². The van der Waals surface area contributed by atoms with Crippen LogP contribution in [-0.4, -0.2) is 165 Å². The van der Waals surface area contributed by atoms with Gasteiger partial charge in [0.05, 0.1) is 103 Å². The van der Waals surface area contributed by atoms with Gasteiger partial charge >= 0.3 is 41.8 Å². The Morgan fingerprint density at radius 1 is 0.577 bits per heavy atom. The van der Waals surface area contributed by atoms with Gasteiger partial charge in [0.1, 0.15) is 74.4 Å². The first-order valence-corrected chi connectivity index (χ1v) is 31.4. The van der Waals surface area contributed by atoms with Gasteiger partial charge in [-0.3, -0.25) is 25.0 Å². The van der Waals surface area contributed by atoms with Crippen molar-refractivity contribution >= 4 is 81.0 Å². The van der Waals surface area contributed by atoms with Crippen molar-refractivity contribution < 1.29 is 111 Å². The molecule has 5 N–H and O–H groups in total. The summed E-state index contributed by atoms with van der Waals surface area (Å²) in [5.74, 6) is -3.37. The van der Waals surface area contributed by atoms with E-state index in [1.807, 2.05) is 31.3 Å². The van der Waals surface area contributed by atoms with E-state index in [0.717, 1.165) is 82.1 Å². The Balaban J connectivity index is 0.000000233. The molecule has 1 fully saturated rings. The fraction of sp³-hybridized carbons (Fsp3) is 0.284. The summed E-state index contributed by atoms with van der Waals surface area (Å²) in [5.41, 5.74) is 7.39. The van der Waals surface area contributed by atoms with Crippen molar-refractivity contribution in [3.8, 4) is 45.8 Å². The number of aromatic amines is 1. The number of nitrogens with zero attached hydrogens (tertiary/aromatic N) is 4. The maximum atomic E-state index is 12.3. The molecule has 10 rings (SSSR count). The fourth-order valence-corrected chi connectivity index (χ4v) is 10.8. The molecule has 104 heavy (non-hydrogen) atoms. The number of nitro benzene ring substituents is 2. The van der Waals surface area contributed by atoms with Gasteiger partial charge < -0.3 is 81.9 Å². The molecule has 0 atom stereocenters. The van der Waals surface area contributed by atoms with E-state index in [0.29, 0.717) is 39.6 Å². The highest BCUT2D eigenvalue weighted by Crippen LogP contribution is 2.46. The van der Waals surface area contributed by atoms with Crippen LogP contribution in [0.5, 0.6) is 34.5 Å². The van der Waals surface area contributed by atoms with Gasteiger partial charge in [0, 0.05) is 59.8 Å². The quantitative estimate of drug-likeness (QED) is 0.0230. The van der Waals surface area contributed by atoms with Crippen molar-refractivity contribution in [1.82, 2.24) is 14.5 Å². The number of aliphatic carboxylic acids is 1. The molecule has 0 saturated heterocycles. The number of esters is 5. The SMILES string of the molecule is COC(=O)c1cc([N+](=O)[O-])c(/C=C/N(C)C)cc1OC.COC(=O)c1cc([N+](=O)[O-])c(C)cc1OC.COC(=O)c1cc2[nH]ccc2cc1OC.COC(=O)c1cc2c(cc1OC)c(C1CCCCC1)c(-c1ccoc1)n2CC(=O)O.COC(=O)c1ccc(C)cc1O.Cc1ccc(C(=O)O)c(O)c1. The number of nitro groups is 2. The van der Waals surface area contributed by atoms with Gasteiger partial charge in [0.15, 0.2) is 0 Å². The lowest BCUT2D eigenvalue weighted by molar-refractivity contribution is -0.385. The second-order valence-corrected chi connectivity index (χ2v) is 22.8. The van der Waals surface area contributed by atoms with Crippen LogP contribution in [0.2, 0.25) is 0 Å². The van der Waals surface area contributed by atoms with Gasteiger partial charge in [-0.25, -0.2) is 28.8 Å². The summed E-state index contributed by atoms with van der Waals surface area (Å²) in [6.07, 6.45) is 13.8. The lowest BCUT2D eigenvalue weighted by Gasteiger charge is -2.23. The Bertz CT molecular complexity index is 4600. The van der Waals surface area contributed by atoms with Crippen molar-refractivity contribution in [3.05, 3.63) is 203 Å². The van der Waals surface area contributed by atoms with Crippen LogP contribution >= 0.6 is 0 Å². The molecule has 30 nitrogen and oxygen atoms in total. The van der Waals surface area contributed by atoms with Crippen molar-refractivity contribution in [1.29, 1.82) is 0 Å². The molecule has 1 aliphatic rings. The van der Waals surface area contributed by atoms with E-state index in [4.69, 9.17) is 38.3 Å². The van der Waals surface area contributed by atoms with Gasteiger partial charge in [-0.1, -0.05) is 31.4 Å². The van der Waals surface area contributed by atoms with E-state index in [1.54, 1.807) is 92.5 Å². The number of methoxy groups -OCH3 is 9. The Morgan fingerprint density at radius 2 is 1.05 bits per heavy atom. The normalized spacial score (nSPS) is 11.3. The minimum absolute atomic E-state index is 0.0173. The van der Waals surface area contributed by atoms with E-state index in [1.165, 1.54) is 107 Å². The van der Waals surface area contributed by atoms with Gasteiger partial charge in [-0.05, 0) is 141 Å². The molecular weight excluding hydrogens is 1360 g/mol. The topological polar surface area (TPSA) is 407 Å². The third kappa shape index (κ3) is 21.1. The van der Waals surface area contributed by atoms with E-state index >= 15 is 0 Å². The highest BCUT2D eigenvalue weighted by atomic mass is 16.6. The van der Waals surface area contributed by atoms with Crippen LogP contribution < -0.4 is 18.9 Å². The highest BCUT2D eigenvalue weighted by molar-refractivity contribution is 6.02. The largest absolute Gasteiger partial charge is 0.507 e. The average Bonchev–Trinajstić information content (AvgIpc) is 1.58. The molecule has 3 heterocycles. The Kier molecular flexibility index (Phi) is 30.4. The molecule has 3 aromatic heterocycles. The second-order valence-electron chi connectivity index (χ2n) is 22.8. The summed E-state index contributed by atoms with van der Waals surface area (Å²) in [5, 5.41) is 60.2. The minimum atomic E-state index is -1.11. The van der Waals surface area contributed by atoms with E-state index < -0.39 is 51.6 Å². The third-order valence-electron chi connectivity index (χ3n) is 15.8. The first kappa shape index (κ1) is 81.8. The van der Waals surface area contributed by atoms with Gasteiger partial charge in [0.2, 0.25) is 0 Å². The number of carbonyl (C=O) groups excluding carboxylic acids is 5. The molecule has 1 aliphatic carbocycles. The molecule has 9 aromatic rings. The molecule has 0 spiro atoms. The predicted molar refractivity (Wildman–Crippen MR) is 381 cm³/mol. The lowest BCUT2D eigenvalue weighted by atomic mass is 9.82. The van der Waals surface area contributed by atoms with Crippen molar-refractivity contribution in [2.45, 2.75) is 65.3 Å². The number of nitrogens with one attached hydrogen (secondary N) is 1. The van der Waals surface area contributed by atoms with Crippen LogP contribution in [0.3, 0.4) is 0 Å². The standard InChI is InChI=1S/C23H25NO6.C13H16N2O5.C11H11NO3.C10H11NO5.C9H10O3.C8H8O3/c1-28-19-11-16-18(10-17(19)23(27)29-2)24(12-20(25)26)22(15-8-9-30-13-15)21(16)14-6-4-3-5-7-14;1-14(2)6-5-9-7-12(19-3)10(13(16)20-4)8-11(9)15(17)18;1-14-10-5-7-3-4-12-9(7)6-8(10)11(13)15-2;1-6-4-9(15-2)7(10(12)16-3)5-8(6)11(13)14;1-6-3-4-7(8(10)5-6)9(11)12-2;1-5-2-3-6(8(10)11)7(9)4-5/h8-11,13-14H,3-7,12H2,1-2H3,(H,25,26);5-8H,1-4H3;3-6,12H,1-2H3;4-5H,1-3H3;3-5,10H,1-2H3;2-4,9H,1H3,(H,10,11)/b;6-5+;;;;. The van der Waals surface area contributed by atoms with Crippen LogP contribution in [0.15, 0.2) is 126 Å². The lowest BCUT2D eigenvalue weighted by Crippen LogP contribution is -2.11. The van der Waals surface area contributed by atoms with Gasteiger partial charge in [-0.2, -0.15) is 0 Å². The number of phenols is 2.